The van der Waals surface area contributed by atoms with Crippen molar-refractivity contribution in [3.63, 3.8) is 0 Å². The van der Waals surface area contributed by atoms with Crippen molar-refractivity contribution in [3.8, 4) is 18.2 Å². The smallest absolute Gasteiger partial charge is 0.249 e. The summed E-state index contributed by atoms with van der Waals surface area (Å²) in [6.45, 7) is 67.9. The molecule has 6 aliphatic rings. The second-order valence-corrected chi connectivity index (χ2v) is 83.9. The van der Waals surface area contributed by atoms with Crippen molar-refractivity contribution in [1.29, 1.82) is 15.8 Å². The Morgan fingerprint density at radius 2 is 0.697 bits per heavy atom. The second-order valence-electron chi connectivity index (χ2n) is 43.0. The zero-order valence-electron chi connectivity index (χ0n) is 76.8. The first-order chi connectivity index (χ1) is 53.5. The molecule has 3 aromatic carbocycles. The normalized spacial score (nSPS) is 29.0. The number of aliphatic hydroxyl groups is 3. The number of Topliss-reactive ketones (excluding diaryl/α,β-unsaturated/α-hetero) is 1. The molecule has 3 saturated heterocycles. The molecule has 0 unspecified atom stereocenters. The number of hydrogen-bond donors (Lipinski definition) is 3. The molecule has 2 saturated carbocycles. The van der Waals surface area contributed by atoms with Crippen LogP contribution in [0.15, 0.2) is 103 Å². The molecule has 5 fully saturated rings. The lowest BCUT2D eigenvalue weighted by molar-refractivity contribution is -0.342. The molecule has 3 N–H and O–H groups in total. The van der Waals surface area contributed by atoms with Gasteiger partial charge in [0.2, 0.25) is 34.7 Å². The molecule has 25 nitrogen and oxygen atoms in total. The van der Waals surface area contributed by atoms with E-state index in [4.69, 9.17) is 54.3 Å². The fraction of sp³-hybridized carbons (Fsp3) is 0.693. The van der Waals surface area contributed by atoms with Gasteiger partial charge in [-0.25, -0.2) is 15.2 Å². The van der Waals surface area contributed by atoms with Crippen molar-refractivity contribution < 1.29 is 88.8 Å². The number of nitrogens with zero attached hydrogens (tertiary/aromatic N) is 6. The highest BCUT2D eigenvalue weighted by molar-refractivity contribution is 6.76. The van der Waals surface area contributed by atoms with Gasteiger partial charge in [0.05, 0.1) is 19.3 Å². The molecule has 3 spiro atoms. The zero-order chi connectivity index (χ0) is 89.8. The van der Waals surface area contributed by atoms with Crippen molar-refractivity contribution in [1.82, 2.24) is 15.2 Å². The molecule has 3 amide bonds. The minimum atomic E-state index is -2.66. The number of aliphatic hydroxyl groups excluding tert-OH is 3. The van der Waals surface area contributed by atoms with Crippen LogP contribution >= 0.6 is 0 Å². The fourth-order valence-electron chi connectivity index (χ4n) is 14.8. The van der Waals surface area contributed by atoms with Crippen molar-refractivity contribution in [2.45, 2.75) is 392 Å². The van der Waals surface area contributed by atoms with Gasteiger partial charge in [-0.3, -0.25) is 33.7 Å². The third-order valence-electron chi connectivity index (χ3n) is 23.3. The van der Waals surface area contributed by atoms with E-state index in [0.717, 1.165) is 26.8 Å². The number of rotatable bonds is 27. The minimum Gasteiger partial charge on any atom is -0.409 e. The van der Waals surface area contributed by atoms with Gasteiger partial charge in [-0.15, -0.1) is 0 Å². The van der Waals surface area contributed by atoms with Crippen LogP contribution in [0.4, 0.5) is 0 Å². The Morgan fingerprint density at radius 3 is 1.02 bits per heavy atom. The van der Waals surface area contributed by atoms with Gasteiger partial charge in [-0.1, -0.05) is 189 Å². The van der Waals surface area contributed by atoms with E-state index >= 15 is 0 Å². The van der Waals surface area contributed by atoms with Gasteiger partial charge in [0, 0.05) is 0 Å². The Hall–Kier alpha value is -4.70. The third kappa shape index (κ3) is 24.0. The Morgan fingerprint density at radius 1 is 0.369 bits per heavy atom. The lowest BCUT2D eigenvalue weighted by Gasteiger charge is -2.65. The standard InChI is InChI=1S/C28H48N2O7Si3.C28H46N2O7Si3.C28H46N2O5Si3.4CH4/c2*1-26(2,3)40(10,11)36-25-24(35-38(4,5)6)27(22(32)23(33)28(25,19-29)37-39(7,8)9)17-21(31)30(27)34-18-20-15-13-12-14-16-20;1-26(2,3)38(10,11)34-25-24(33-36(4,5)6)27(17-18-28(25,21-29)35-37(7,8)9)19-23(31)30(27)32-20-22-15-13-12-14-16-22;;;;/h12-16,22-25,32-33H,17-18H2,1-11H3;12-16,22,24-25,32H,17-18H2,1-11H3;12-18,24-25H,19-20H2,1-11H3;4*1H4/t22-,23+,24-,25+,27-,28-;22-,24-,25+,27-,28-;24-,25+,27+,28+;;;;/m111..../s1. The molecule has 0 bridgehead atoms. The number of amides is 3. The monoisotopic (exact) mass is 1850 g/mol. The summed E-state index contributed by atoms with van der Waals surface area (Å²) in [5.41, 5.74) is -6.67. The van der Waals surface area contributed by atoms with Gasteiger partial charge < -0.3 is 55.2 Å². The summed E-state index contributed by atoms with van der Waals surface area (Å²) in [6, 6.07) is 35.4. The molecule has 0 radical (unpaired) electrons. The first-order valence-corrected chi connectivity index (χ1v) is 70.4. The highest BCUT2D eigenvalue weighted by atomic mass is 28.4. The number of benzene rings is 3. The topological polar surface area (TPSA) is 321 Å². The van der Waals surface area contributed by atoms with Crippen LogP contribution in [0.25, 0.3) is 0 Å². The molecule has 688 valence electrons. The van der Waals surface area contributed by atoms with E-state index < -0.39 is 169 Å². The molecular weight excluding hydrogens is 1700 g/mol. The lowest BCUT2D eigenvalue weighted by Crippen LogP contribution is -2.87. The Bertz CT molecular complexity index is 4190. The second kappa shape index (κ2) is 39.3. The quantitative estimate of drug-likeness (QED) is 0.0363. The average molecular weight is 1860 g/mol. The van der Waals surface area contributed by atoms with E-state index in [0.29, 0.717) is 0 Å². The van der Waals surface area contributed by atoms with Crippen LogP contribution in [0.1, 0.15) is 128 Å². The number of carbonyl (C=O) groups is 4. The van der Waals surface area contributed by atoms with Crippen LogP contribution in [0, 0.1) is 34.0 Å². The van der Waals surface area contributed by atoms with E-state index in [1.807, 2.05) is 195 Å². The first kappa shape index (κ1) is 111. The fourth-order valence-corrected chi connectivity index (χ4v) is 25.7. The van der Waals surface area contributed by atoms with Crippen LogP contribution in [-0.2, 0) is 93.3 Å². The SMILES string of the molecule is C.C.C.C.CC(C)(C)[Si](C)(C)O[C@H]1[C@@H](O[Si](C)(C)C)[C@@]2(CC(=O)N2OCc2ccccc2)[C@H](O)C(=O)[C@@]1(C#N)O[Si](C)(C)C.CC(C)(C)[Si](C)(C)O[C@H]1[C@@H](O[Si](C)(C)C)[C@@]2(CC(=O)N2OCc2ccccc2)[C@H](O)[C@H](O)[C@@]1(C#N)O[Si](C)(C)C.CC(C)(C)[Si](C)(C)O[C@H]1[C@@H](O[Si](C)(C)C)[C@]2(C=C[C@@]1(C#N)O[Si](C)(C)C)CC(=O)N2OCc1ccccc1. The number of nitriles is 3. The van der Waals surface area contributed by atoms with Gasteiger partial charge >= 0.3 is 0 Å². The predicted octanol–water partition coefficient (Wildman–Crippen LogP) is 18.2. The van der Waals surface area contributed by atoms with Crippen LogP contribution in [0.2, 0.25) is 172 Å². The predicted molar refractivity (Wildman–Crippen MR) is 505 cm³/mol. The van der Waals surface area contributed by atoms with Crippen LogP contribution in [-0.4, -0.2) is 217 Å². The summed E-state index contributed by atoms with van der Waals surface area (Å²) in [4.78, 5) is 71.8. The van der Waals surface area contributed by atoms with Gasteiger partial charge in [0.15, 0.2) is 80.5 Å². The maximum absolute atomic E-state index is 14.3. The summed E-state index contributed by atoms with van der Waals surface area (Å²) in [5.74, 6) is -1.66. The molecule has 3 aromatic rings. The highest BCUT2D eigenvalue weighted by Gasteiger charge is 2.79. The van der Waals surface area contributed by atoms with E-state index in [-0.39, 0.29) is 102 Å². The lowest BCUT2D eigenvalue weighted by atomic mass is 9.62. The van der Waals surface area contributed by atoms with Gasteiger partial charge in [0.25, 0.3) is 0 Å². The van der Waals surface area contributed by atoms with Crippen LogP contribution < -0.4 is 0 Å². The maximum Gasteiger partial charge on any atom is 0.249 e. The van der Waals surface area contributed by atoms with Crippen LogP contribution in [0.3, 0.4) is 0 Å². The molecule has 15 atom stereocenters. The molecular formula is C88H156N6O19Si9. The first-order valence-electron chi connectivity index (χ1n) is 41.2. The highest BCUT2D eigenvalue weighted by Crippen LogP contribution is 2.57. The van der Waals surface area contributed by atoms with E-state index in [9.17, 15) is 50.3 Å². The van der Waals surface area contributed by atoms with E-state index in [2.05, 4.69) is 146 Å². The molecule has 34 heteroatoms. The van der Waals surface area contributed by atoms with Crippen molar-refractivity contribution >= 4 is 98.4 Å². The van der Waals surface area contributed by atoms with E-state index in [1.165, 1.54) is 5.06 Å². The van der Waals surface area contributed by atoms with Gasteiger partial charge in [-0.05, 0) is 195 Å². The third-order valence-corrected chi connectivity index (χ3v) is 42.4. The van der Waals surface area contributed by atoms with Gasteiger partial charge in [-0.2, -0.15) is 15.8 Å². The summed E-state index contributed by atoms with van der Waals surface area (Å²) >= 11 is 0. The van der Waals surface area contributed by atoms with Crippen molar-refractivity contribution in [2.24, 2.45) is 0 Å². The zero-order valence-corrected chi connectivity index (χ0v) is 85.8. The maximum atomic E-state index is 14.3. The van der Waals surface area contributed by atoms with Crippen molar-refractivity contribution in [2.75, 3.05) is 0 Å². The summed E-state index contributed by atoms with van der Waals surface area (Å²) < 4.78 is 61.1. The molecule has 3 heterocycles. The van der Waals surface area contributed by atoms with Crippen molar-refractivity contribution in [3.05, 3.63) is 120 Å². The molecule has 3 aliphatic heterocycles. The molecule has 0 aromatic heterocycles. The number of hydrogen-bond acceptors (Lipinski definition) is 22. The Balaban J connectivity index is 0.000000465. The number of hydroxylamine groups is 6. The molecule has 9 rings (SSSR count). The Kier molecular flexibility index (Phi) is 35.9. The number of β-lactam (4-membered cyclic amide) rings is 3. The summed E-state index contributed by atoms with van der Waals surface area (Å²) in [7, 11) is -22.0. The largest absolute Gasteiger partial charge is 0.409 e. The van der Waals surface area contributed by atoms with Crippen LogP contribution in [0.5, 0.6) is 0 Å². The van der Waals surface area contributed by atoms with Gasteiger partial charge in [0.1, 0.15) is 110 Å². The Labute approximate surface area is 743 Å². The number of carbonyl (C=O) groups excluding carboxylic acids is 4. The average Bonchev–Trinajstić information content (AvgIpc) is 0.688. The van der Waals surface area contributed by atoms with E-state index in [1.54, 1.807) is 0 Å². The molecule has 3 aliphatic carbocycles. The minimum absolute atomic E-state index is 0. The molecule has 122 heavy (non-hydrogen) atoms. The summed E-state index contributed by atoms with van der Waals surface area (Å²) in [5, 5.41) is 70.8. The summed E-state index contributed by atoms with van der Waals surface area (Å²) in [6.07, 6.45) is -7.08. The number of ketones is 1.